The van der Waals surface area contributed by atoms with Crippen LogP contribution in [0.25, 0.3) is 0 Å². The molecule has 0 aliphatic carbocycles. The van der Waals surface area contributed by atoms with Crippen molar-refractivity contribution in [2.75, 3.05) is 13.1 Å². The fourth-order valence-corrected chi connectivity index (χ4v) is 2.13. The molecule has 1 amide bonds. The number of carbonyl (C=O) groups is 1. The maximum absolute atomic E-state index is 13.3. The van der Waals surface area contributed by atoms with Gasteiger partial charge in [-0.05, 0) is 64.8 Å². The number of amides is 1. The average Bonchev–Trinajstić information content (AvgIpc) is 2.39. The molecule has 0 atom stereocenters. The maximum Gasteiger partial charge on any atom is 0.410 e. The number of halogens is 1. The third-order valence-corrected chi connectivity index (χ3v) is 3.41. The summed E-state index contributed by atoms with van der Waals surface area (Å²) in [4.78, 5) is 13.9. The average molecular weight is 324 g/mol. The molecule has 1 aromatic carbocycles. The number of carbonyl (C=O) groups excluding carboxylic acids is 1. The molecule has 0 radical (unpaired) electrons. The molecule has 5 heteroatoms. The number of hydrogen-bond acceptors (Lipinski definition) is 3. The van der Waals surface area contributed by atoms with Gasteiger partial charge < -0.3 is 15.0 Å². The summed E-state index contributed by atoms with van der Waals surface area (Å²) in [7, 11) is 0. The Kier molecular flexibility index (Phi) is 7.01. The summed E-state index contributed by atoms with van der Waals surface area (Å²) in [6.07, 6.45) is -0.309. The van der Waals surface area contributed by atoms with Gasteiger partial charge in [-0.25, -0.2) is 9.18 Å². The van der Waals surface area contributed by atoms with Crippen molar-refractivity contribution < 1.29 is 13.9 Å². The van der Waals surface area contributed by atoms with Gasteiger partial charge in [-0.2, -0.15) is 0 Å². The van der Waals surface area contributed by atoms with E-state index in [0.29, 0.717) is 19.6 Å². The summed E-state index contributed by atoms with van der Waals surface area (Å²) >= 11 is 0. The highest BCUT2D eigenvalue weighted by Crippen LogP contribution is 2.12. The first-order valence-electron chi connectivity index (χ1n) is 8.05. The van der Waals surface area contributed by atoms with E-state index in [9.17, 15) is 9.18 Å². The molecule has 0 unspecified atom stereocenters. The van der Waals surface area contributed by atoms with Crippen LogP contribution < -0.4 is 5.32 Å². The summed E-state index contributed by atoms with van der Waals surface area (Å²) in [5.41, 5.74) is 1.47. The fraction of sp³-hybridized carbons (Fsp3) is 0.611. The minimum atomic E-state index is -0.504. The first-order valence-corrected chi connectivity index (χ1v) is 8.05. The highest BCUT2D eigenvalue weighted by Gasteiger charge is 2.23. The SMILES string of the molecule is Cc1ccc(F)cc1CNCCN(C(=O)OC(C)(C)C)C(C)C. The molecule has 1 aromatic rings. The van der Waals surface area contributed by atoms with Gasteiger partial charge in [0.15, 0.2) is 0 Å². The second-order valence-electron chi connectivity index (χ2n) is 7.02. The van der Waals surface area contributed by atoms with Gasteiger partial charge >= 0.3 is 6.09 Å². The summed E-state index contributed by atoms with van der Waals surface area (Å²) in [5.74, 6) is -0.232. The van der Waals surface area contributed by atoms with Crippen molar-refractivity contribution in [3.63, 3.8) is 0 Å². The molecule has 23 heavy (non-hydrogen) atoms. The predicted octanol–water partition coefficient (Wildman–Crippen LogP) is 3.87. The van der Waals surface area contributed by atoms with Crippen molar-refractivity contribution in [3.8, 4) is 0 Å². The van der Waals surface area contributed by atoms with Crippen LogP contribution in [0.3, 0.4) is 0 Å². The maximum atomic E-state index is 13.3. The van der Waals surface area contributed by atoms with Crippen molar-refractivity contribution in [1.82, 2.24) is 10.2 Å². The van der Waals surface area contributed by atoms with Gasteiger partial charge in [0.2, 0.25) is 0 Å². The molecule has 0 spiro atoms. The standard InChI is InChI=1S/C18H29FN2O2/c1-13(2)21(17(22)23-18(4,5)6)10-9-20-12-15-11-16(19)8-7-14(15)3/h7-8,11,13,20H,9-10,12H2,1-6H3. The molecule has 0 fully saturated rings. The van der Waals surface area contributed by atoms with E-state index in [0.717, 1.165) is 11.1 Å². The van der Waals surface area contributed by atoms with Crippen LogP contribution in [0.1, 0.15) is 45.7 Å². The lowest BCUT2D eigenvalue weighted by atomic mass is 10.1. The van der Waals surface area contributed by atoms with E-state index in [1.54, 1.807) is 11.0 Å². The number of hydrogen-bond donors (Lipinski definition) is 1. The molecule has 0 aliphatic rings. The zero-order chi connectivity index (χ0) is 17.6. The van der Waals surface area contributed by atoms with Crippen molar-refractivity contribution in [2.24, 2.45) is 0 Å². The van der Waals surface area contributed by atoms with Crippen LogP contribution in [0.4, 0.5) is 9.18 Å². The van der Waals surface area contributed by atoms with Gasteiger partial charge in [-0.3, -0.25) is 0 Å². The first kappa shape index (κ1) is 19.4. The monoisotopic (exact) mass is 324 g/mol. The van der Waals surface area contributed by atoms with Crippen LogP contribution in [-0.2, 0) is 11.3 Å². The van der Waals surface area contributed by atoms with Gasteiger partial charge in [0, 0.05) is 25.7 Å². The van der Waals surface area contributed by atoms with Gasteiger partial charge in [-0.15, -0.1) is 0 Å². The highest BCUT2D eigenvalue weighted by molar-refractivity contribution is 5.68. The molecule has 0 bridgehead atoms. The zero-order valence-electron chi connectivity index (χ0n) is 15.1. The Morgan fingerprint density at radius 1 is 1.35 bits per heavy atom. The van der Waals surface area contributed by atoms with E-state index in [2.05, 4.69) is 5.32 Å². The van der Waals surface area contributed by atoms with E-state index >= 15 is 0 Å². The van der Waals surface area contributed by atoms with Crippen LogP contribution in [0.2, 0.25) is 0 Å². The lowest BCUT2D eigenvalue weighted by molar-refractivity contribution is 0.0193. The summed E-state index contributed by atoms with van der Waals surface area (Å²) < 4.78 is 18.7. The second kappa shape index (κ2) is 8.29. The van der Waals surface area contributed by atoms with Crippen molar-refractivity contribution >= 4 is 6.09 Å². The molecular formula is C18H29FN2O2. The minimum Gasteiger partial charge on any atom is -0.444 e. The number of aryl methyl sites for hydroxylation is 1. The molecule has 1 N–H and O–H groups in total. The number of benzene rings is 1. The molecule has 0 aliphatic heterocycles. The lowest BCUT2D eigenvalue weighted by Crippen LogP contribution is -2.44. The summed E-state index contributed by atoms with van der Waals surface area (Å²) in [5, 5.41) is 3.26. The minimum absolute atomic E-state index is 0.0579. The van der Waals surface area contributed by atoms with Gasteiger partial charge in [-0.1, -0.05) is 6.07 Å². The van der Waals surface area contributed by atoms with E-state index < -0.39 is 5.60 Å². The Labute approximate surface area is 139 Å². The summed E-state index contributed by atoms with van der Waals surface area (Å²) in [6, 6.07) is 4.83. The Morgan fingerprint density at radius 2 is 2.00 bits per heavy atom. The van der Waals surface area contributed by atoms with E-state index in [1.807, 2.05) is 41.5 Å². The number of ether oxygens (including phenoxy) is 1. The number of nitrogens with zero attached hydrogens (tertiary/aromatic N) is 1. The smallest absolute Gasteiger partial charge is 0.410 e. The zero-order valence-corrected chi connectivity index (χ0v) is 15.1. The van der Waals surface area contributed by atoms with E-state index in [-0.39, 0.29) is 18.0 Å². The van der Waals surface area contributed by atoms with Crippen LogP contribution in [0.5, 0.6) is 0 Å². The van der Waals surface area contributed by atoms with Gasteiger partial charge in [0.1, 0.15) is 11.4 Å². The largest absolute Gasteiger partial charge is 0.444 e. The number of nitrogens with one attached hydrogen (secondary N) is 1. The molecular weight excluding hydrogens is 295 g/mol. The van der Waals surface area contributed by atoms with Crippen LogP contribution in [0, 0.1) is 12.7 Å². The van der Waals surface area contributed by atoms with E-state index in [4.69, 9.17) is 4.74 Å². The molecule has 0 saturated heterocycles. The summed E-state index contributed by atoms with van der Waals surface area (Å²) in [6.45, 7) is 13.2. The molecule has 0 heterocycles. The normalized spacial score (nSPS) is 11.7. The fourth-order valence-electron chi connectivity index (χ4n) is 2.13. The Hall–Kier alpha value is -1.62. The second-order valence-corrected chi connectivity index (χ2v) is 7.02. The van der Waals surface area contributed by atoms with Crippen molar-refractivity contribution in [1.29, 1.82) is 0 Å². The molecule has 0 aromatic heterocycles. The first-order chi connectivity index (χ1) is 10.6. The van der Waals surface area contributed by atoms with Gasteiger partial charge in [0.05, 0.1) is 0 Å². The third kappa shape index (κ3) is 6.99. The topological polar surface area (TPSA) is 41.6 Å². The third-order valence-electron chi connectivity index (χ3n) is 3.41. The van der Waals surface area contributed by atoms with Crippen molar-refractivity contribution in [2.45, 2.75) is 59.7 Å². The quantitative estimate of drug-likeness (QED) is 0.808. The van der Waals surface area contributed by atoms with E-state index in [1.165, 1.54) is 12.1 Å². The molecule has 1 rings (SSSR count). The Balaban J connectivity index is 2.50. The number of rotatable bonds is 6. The Bertz CT molecular complexity index is 524. The molecule has 4 nitrogen and oxygen atoms in total. The Morgan fingerprint density at radius 3 is 2.57 bits per heavy atom. The molecule has 0 saturated carbocycles. The predicted molar refractivity (Wildman–Crippen MR) is 90.9 cm³/mol. The van der Waals surface area contributed by atoms with Crippen LogP contribution in [-0.4, -0.2) is 35.7 Å². The molecule has 130 valence electrons. The van der Waals surface area contributed by atoms with Crippen LogP contribution >= 0.6 is 0 Å². The van der Waals surface area contributed by atoms with Crippen molar-refractivity contribution in [3.05, 3.63) is 35.1 Å². The van der Waals surface area contributed by atoms with Crippen LogP contribution in [0.15, 0.2) is 18.2 Å². The lowest BCUT2D eigenvalue weighted by Gasteiger charge is -2.30. The highest BCUT2D eigenvalue weighted by atomic mass is 19.1. The van der Waals surface area contributed by atoms with Gasteiger partial charge in [0.25, 0.3) is 0 Å².